The molecule has 0 amide bonds. The predicted octanol–water partition coefficient (Wildman–Crippen LogP) is 3.69. The molecule has 0 aliphatic heterocycles. The summed E-state index contributed by atoms with van der Waals surface area (Å²) in [5.41, 5.74) is 1.13. The number of likely N-dealkylation sites (N-methyl/N-ethyl adjacent to an activating group) is 1. The normalized spacial score (nSPS) is 11.9. The summed E-state index contributed by atoms with van der Waals surface area (Å²) in [6.07, 6.45) is 0. The Morgan fingerprint density at radius 2 is 1.85 bits per heavy atom. The smallest absolute Gasteiger partial charge is 0.119 e. The summed E-state index contributed by atoms with van der Waals surface area (Å²) in [5, 5.41) is 3.95. The Bertz CT molecular complexity index is 542. The Kier molecular flexibility index (Phi) is 5.27. The molecule has 2 aromatic carbocycles. The van der Waals surface area contributed by atoms with Crippen molar-refractivity contribution >= 4 is 11.6 Å². The van der Waals surface area contributed by atoms with Gasteiger partial charge in [0.05, 0.1) is 13.2 Å². The van der Waals surface area contributed by atoms with Gasteiger partial charge in [0, 0.05) is 5.02 Å². The number of hydrogen-bond acceptors (Lipinski definition) is 3. The van der Waals surface area contributed by atoms with Crippen molar-refractivity contribution < 1.29 is 9.47 Å². The summed E-state index contributed by atoms with van der Waals surface area (Å²) < 4.78 is 11.0. The fourth-order valence-electron chi connectivity index (χ4n) is 1.91. The Labute approximate surface area is 124 Å². The van der Waals surface area contributed by atoms with E-state index in [9.17, 15) is 0 Å². The summed E-state index contributed by atoms with van der Waals surface area (Å²) in [6, 6.07) is 15.4. The van der Waals surface area contributed by atoms with Crippen molar-refractivity contribution in [2.75, 3.05) is 20.8 Å². The molecule has 0 radical (unpaired) electrons. The molecule has 0 aliphatic carbocycles. The lowest BCUT2D eigenvalue weighted by atomic mass is 10.1. The molecule has 2 rings (SSSR count). The third-order valence-electron chi connectivity index (χ3n) is 3.07. The molecule has 0 heterocycles. The summed E-state index contributed by atoms with van der Waals surface area (Å²) in [5.74, 6) is 1.65. The molecule has 0 spiro atoms. The lowest BCUT2D eigenvalue weighted by molar-refractivity contribution is 0.272. The van der Waals surface area contributed by atoms with E-state index < -0.39 is 0 Å². The van der Waals surface area contributed by atoms with Crippen LogP contribution >= 0.6 is 11.6 Å². The van der Waals surface area contributed by atoms with Crippen LogP contribution in [0, 0.1) is 0 Å². The molecular weight excluding hydrogens is 274 g/mol. The molecular formula is C16H18ClNO2. The van der Waals surface area contributed by atoms with Gasteiger partial charge in [0.1, 0.15) is 18.1 Å². The van der Waals surface area contributed by atoms with Crippen LogP contribution < -0.4 is 14.8 Å². The van der Waals surface area contributed by atoms with E-state index in [4.69, 9.17) is 21.1 Å². The summed E-state index contributed by atoms with van der Waals surface area (Å²) in [7, 11) is 3.58. The third-order valence-corrected chi connectivity index (χ3v) is 3.33. The first-order chi connectivity index (χ1) is 9.72. The molecule has 2 aromatic rings. The Balaban J connectivity index is 2.03. The van der Waals surface area contributed by atoms with Crippen LogP contribution in [0.25, 0.3) is 0 Å². The van der Waals surface area contributed by atoms with E-state index >= 15 is 0 Å². The first-order valence-corrected chi connectivity index (χ1v) is 6.80. The van der Waals surface area contributed by atoms with Crippen LogP contribution in [0.3, 0.4) is 0 Å². The zero-order chi connectivity index (χ0) is 14.4. The number of ether oxygens (including phenoxy) is 2. The van der Waals surface area contributed by atoms with Crippen LogP contribution in [0.5, 0.6) is 11.5 Å². The van der Waals surface area contributed by atoms with Gasteiger partial charge in [-0.1, -0.05) is 23.7 Å². The molecule has 20 heavy (non-hydrogen) atoms. The van der Waals surface area contributed by atoms with Crippen molar-refractivity contribution in [3.05, 3.63) is 59.1 Å². The zero-order valence-corrected chi connectivity index (χ0v) is 12.4. The number of rotatable bonds is 6. The lowest BCUT2D eigenvalue weighted by Gasteiger charge is -2.18. The van der Waals surface area contributed by atoms with Crippen LogP contribution in [0.1, 0.15) is 11.6 Å². The van der Waals surface area contributed by atoms with Crippen LogP contribution in [-0.4, -0.2) is 20.8 Å². The van der Waals surface area contributed by atoms with Gasteiger partial charge >= 0.3 is 0 Å². The van der Waals surface area contributed by atoms with E-state index in [2.05, 4.69) is 11.4 Å². The maximum Gasteiger partial charge on any atom is 0.119 e. The van der Waals surface area contributed by atoms with E-state index in [1.54, 1.807) is 7.11 Å². The molecule has 0 aliphatic rings. The molecule has 1 atom stereocenters. The largest absolute Gasteiger partial charge is 0.497 e. The average molecular weight is 292 g/mol. The fraction of sp³-hybridized carbons (Fsp3) is 0.250. The summed E-state index contributed by atoms with van der Waals surface area (Å²) in [4.78, 5) is 0. The monoisotopic (exact) mass is 291 g/mol. The minimum absolute atomic E-state index is 0.0979. The van der Waals surface area contributed by atoms with Crippen molar-refractivity contribution in [2.24, 2.45) is 0 Å². The third kappa shape index (κ3) is 3.89. The van der Waals surface area contributed by atoms with Crippen LogP contribution in [0.15, 0.2) is 48.5 Å². The average Bonchev–Trinajstić information content (AvgIpc) is 2.50. The second-order valence-corrected chi connectivity index (χ2v) is 4.82. The highest BCUT2D eigenvalue weighted by Crippen LogP contribution is 2.21. The van der Waals surface area contributed by atoms with Crippen LogP contribution in [0.2, 0.25) is 5.02 Å². The second-order valence-electron chi connectivity index (χ2n) is 4.38. The van der Waals surface area contributed by atoms with Crippen molar-refractivity contribution in [1.29, 1.82) is 0 Å². The highest BCUT2D eigenvalue weighted by atomic mass is 35.5. The fourth-order valence-corrected chi connectivity index (χ4v) is 2.04. The van der Waals surface area contributed by atoms with E-state index in [0.29, 0.717) is 11.6 Å². The topological polar surface area (TPSA) is 30.5 Å². The number of nitrogens with one attached hydrogen (secondary N) is 1. The molecule has 3 nitrogen and oxygen atoms in total. The van der Waals surface area contributed by atoms with Gasteiger partial charge in [-0.3, -0.25) is 0 Å². The quantitative estimate of drug-likeness (QED) is 0.880. The van der Waals surface area contributed by atoms with Gasteiger partial charge in [-0.25, -0.2) is 0 Å². The van der Waals surface area contributed by atoms with E-state index in [0.717, 1.165) is 17.1 Å². The van der Waals surface area contributed by atoms with Gasteiger partial charge in [-0.2, -0.15) is 0 Å². The first-order valence-electron chi connectivity index (χ1n) is 6.42. The highest BCUT2D eigenvalue weighted by molar-refractivity contribution is 6.30. The first kappa shape index (κ1) is 14.7. The molecule has 0 saturated carbocycles. The molecule has 0 saturated heterocycles. The zero-order valence-electron chi connectivity index (χ0n) is 11.6. The van der Waals surface area contributed by atoms with Gasteiger partial charge in [0.15, 0.2) is 0 Å². The SMILES string of the molecule is CNC(COc1ccc(Cl)cc1)c1cccc(OC)c1. The summed E-state index contributed by atoms with van der Waals surface area (Å²) >= 11 is 5.85. The molecule has 0 aromatic heterocycles. The number of benzene rings is 2. The van der Waals surface area contributed by atoms with Crippen molar-refractivity contribution in [3.63, 3.8) is 0 Å². The molecule has 0 bridgehead atoms. The standard InChI is InChI=1S/C16H18ClNO2/c1-18-16(12-4-3-5-15(10-12)19-2)11-20-14-8-6-13(17)7-9-14/h3-10,16,18H,11H2,1-2H3. The lowest BCUT2D eigenvalue weighted by Crippen LogP contribution is -2.23. The van der Waals surface area contributed by atoms with E-state index in [1.165, 1.54) is 0 Å². The molecule has 4 heteroatoms. The van der Waals surface area contributed by atoms with Crippen molar-refractivity contribution in [1.82, 2.24) is 5.32 Å². The van der Waals surface area contributed by atoms with Crippen molar-refractivity contribution in [3.8, 4) is 11.5 Å². The Hall–Kier alpha value is -1.71. The predicted molar refractivity (Wildman–Crippen MR) is 81.7 cm³/mol. The molecule has 0 fully saturated rings. The maximum absolute atomic E-state index is 5.85. The van der Waals surface area contributed by atoms with Gasteiger partial charge in [0.25, 0.3) is 0 Å². The molecule has 1 unspecified atom stereocenters. The Morgan fingerprint density at radius 1 is 1.10 bits per heavy atom. The summed E-state index contributed by atoms with van der Waals surface area (Å²) in [6.45, 7) is 0.533. The maximum atomic E-state index is 5.85. The number of hydrogen-bond donors (Lipinski definition) is 1. The highest BCUT2D eigenvalue weighted by Gasteiger charge is 2.11. The van der Waals surface area contributed by atoms with Crippen LogP contribution in [-0.2, 0) is 0 Å². The number of halogens is 1. The van der Waals surface area contributed by atoms with Gasteiger partial charge in [-0.15, -0.1) is 0 Å². The van der Waals surface area contributed by atoms with Gasteiger partial charge in [0.2, 0.25) is 0 Å². The molecule has 106 valence electrons. The van der Waals surface area contributed by atoms with Gasteiger partial charge < -0.3 is 14.8 Å². The minimum Gasteiger partial charge on any atom is -0.497 e. The minimum atomic E-state index is 0.0979. The van der Waals surface area contributed by atoms with Gasteiger partial charge in [-0.05, 0) is 49.0 Å². The van der Waals surface area contributed by atoms with E-state index in [-0.39, 0.29) is 6.04 Å². The molecule has 1 N–H and O–H groups in total. The Morgan fingerprint density at radius 3 is 2.50 bits per heavy atom. The van der Waals surface area contributed by atoms with Crippen LogP contribution in [0.4, 0.5) is 0 Å². The second kappa shape index (κ2) is 7.17. The van der Waals surface area contributed by atoms with E-state index in [1.807, 2.05) is 49.5 Å². The van der Waals surface area contributed by atoms with Crippen molar-refractivity contribution in [2.45, 2.75) is 6.04 Å². The number of methoxy groups -OCH3 is 1.